The Morgan fingerprint density at radius 2 is 2.00 bits per heavy atom. The van der Waals surface area contributed by atoms with Crippen LogP contribution in [0, 0.1) is 13.8 Å². The third-order valence-electron chi connectivity index (χ3n) is 4.51. The minimum atomic E-state index is -0.530. The average Bonchev–Trinajstić information content (AvgIpc) is 2.84. The number of rotatable bonds is 3. The zero-order valence-corrected chi connectivity index (χ0v) is 17.0. The first-order valence-electron chi connectivity index (χ1n) is 8.96. The smallest absolute Gasteiger partial charge is 0.407 e. The van der Waals surface area contributed by atoms with Gasteiger partial charge in [0.15, 0.2) is 0 Å². The van der Waals surface area contributed by atoms with E-state index in [1.807, 2.05) is 52.5 Å². The second kappa shape index (κ2) is 7.77. The second-order valence-electron chi connectivity index (χ2n) is 7.85. The summed E-state index contributed by atoms with van der Waals surface area (Å²) in [6, 6.07) is 1.82. The molecule has 2 amide bonds. The van der Waals surface area contributed by atoms with Gasteiger partial charge in [0, 0.05) is 17.5 Å². The summed E-state index contributed by atoms with van der Waals surface area (Å²) < 4.78 is 5.35. The van der Waals surface area contributed by atoms with Crippen LogP contribution in [0.1, 0.15) is 67.1 Å². The molecular formula is C19H30N2O3S. The molecule has 1 saturated heterocycles. The highest BCUT2D eigenvalue weighted by molar-refractivity contribution is 7.14. The van der Waals surface area contributed by atoms with E-state index in [4.69, 9.17) is 4.74 Å². The monoisotopic (exact) mass is 366 g/mol. The summed E-state index contributed by atoms with van der Waals surface area (Å²) >= 11 is 1.55. The predicted molar refractivity (Wildman–Crippen MR) is 101 cm³/mol. The summed E-state index contributed by atoms with van der Waals surface area (Å²) in [5.74, 6) is 0.0729. The molecule has 2 heterocycles. The van der Waals surface area contributed by atoms with Crippen LogP contribution in [0.25, 0.3) is 0 Å². The molecule has 1 aromatic rings. The number of alkyl carbamates (subject to hydrolysis) is 1. The fraction of sp³-hybridized carbons (Fsp3) is 0.684. The van der Waals surface area contributed by atoms with Gasteiger partial charge in [-0.15, -0.1) is 11.3 Å². The van der Waals surface area contributed by atoms with Crippen molar-refractivity contribution in [3.05, 3.63) is 21.4 Å². The summed E-state index contributed by atoms with van der Waals surface area (Å²) in [5, 5.41) is 2.91. The quantitative estimate of drug-likeness (QED) is 0.869. The number of aryl methyl sites for hydroxylation is 2. The molecule has 0 aliphatic carbocycles. The summed E-state index contributed by atoms with van der Waals surface area (Å²) in [7, 11) is 0. The molecule has 0 radical (unpaired) electrons. The highest BCUT2D eigenvalue weighted by Gasteiger charge is 2.33. The topological polar surface area (TPSA) is 58.6 Å². The fourth-order valence-electron chi connectivity index (χ4n) is 3.14. The highest BCUT2D eigenvalue weighted by atomic mass is 32.1. The number of nitrogens with one attached hydrogen (secondary N) is 1. The van der Waals surface area contributed by atoms with E-state index in [-0.39, 0.29) is 18.0 Å². The molecule has 1 aliphatic heterocycles. The molecule has 0 spiro atoms. The van der Waals surface area contributed by atoms with E-state index in [1.54, 1.807) is 11.3 Å². The number of carbonyl (C=O) groups excluding carboxylic acids is 2. The van der Waals surface area contributed by atoms with Crippen molar-refractivity contribution in [1.82, 2.24) is 10.2 Å². The molecule has 0 unspecified atom stereocenters. The Morgan fingerprint density at radius 1 is 1.32 bits per heavy atom. The van der Waals surface area contributed by atoms with E-state index in [9.17, 15) is 9.59 Å². The zero-order valence-electron chi connectivity index (χ0n) is 16.1. The Labute approximate surface area is 154 Å². The lowest BCUT2D eigenvalue weighted by atomic mass is 9.96. The standard InChI is InChI=1S/C19H30N2O3S/c1-12-11-16(25-14(12)3)17(22)21-10-8-7-9-15(21)13(2)20-18(23)24-19(4,5)6/h11,13,15H,7-10H2,1-6H3,(H,20,23)/t13-,15+/m1/s1. The summed E-state index contributed by atoms with van der Waals surface area (Å²) in [4.78, 5) is 28.9. The van der Waals surface area contributed by atoms with Gasteiger partial charge in [0.05, 0.1) is 10.9 Å². The Balaban J connectivity index is 2.09. The van der Waals surface area contributed by atoms with Gasteiger partial charge in [0.2, 0.25) is 0 Å². The number of likely N-dealkylation sites (tertiary alicyclic amines) is 1. The van der Waals surface area contributed by atoms with E-state index in [2.05, 4.69) is 5.32 Å². The zero-order chi connectivity index (χ0) is 18.8. The van der Waals surface area contributed by atoms with Gasteiger partial charge in [-0.3, -0.25) is 4.79 Å². The van der Waals surface area contributed by atoms with Crippen molar-refractivity contribution in [1.29, 1.82) is 0 Å². The maximum atomic E-state index is 13.0. The van der Waals surface area contributed by atoms with Crippen molar-refractivity contribution in [3.8, 4) is 0 Å². The lowest BCUT2D eigenvalue weighted by molar-refractivity contribution is 0.0403. The third kappa shape index (κ3) is 5.21. The van der Waals surface area contributed by atoms with Crippen molar-refractivity contribution in [2.45, 2.75) is 78.5 Å². The van der Waals surface area contributed by atoms with Crippen molar-refractivity contribution in [3.63, 3.8) is 0 Å². The molecule has 2 rings (SSSR count). The van der Waals surface area contributed by atoms with Crippen LogP contribution in [0.4, 0.5) is 4.79 Å². The number of hydrogen-bond acceptors (Lipinski definition) is 4. The SMILES string of the molecule is Cc1cc(C(=O)N2CCCC[C@H]2[C@@H](C)NC(=O)OC(C)(C)C)sc1C. The van der Waals surface area contributed by atoms with Crippen LogP contribution < -0.4 is 5.32 Å². The Morgan fingerprint density at radius 3 is 2.56 bits per heavy atom. The lowest BCUT2D eigenvalue weighted by Crippen LogP contribution is -2.54. The molecule has 0 aromatic carbocycles. The molecule has 5 nitrogen and oxygen atoms in total. The number of amides is 2. The predicted octanol–water partition coefficient (Wildman–Crippen LogP) is 4.27. The first-order chi connectivity index (χ1) is 11.6. The van der Waals surface area contributed by atoms with E-state index >= 15 is 0 Å². The average molecular weight is 367 g/mol. The van der Waals surface area contributed by atoms with E-state index in [0.29, 0.717) is 0 Å². The molecule has 1 aromatic heterocycles. The van der Waals surface area contributed by atoms with Gasteiger partial charge in [0.1, 0.15) is 5.60 Å². The van der Waals surface area contributed by atoms with Crippen molar-refractivity contribution < 1.29 is 14.3 Å². The van der Waals surface area contributed by atoms with Gasteiger partial charge in [-0.25, -0.2) is 4.79 Å². The first-order valence-corrected chi connectivity index (χ1v) is 9.77. The molecule has 6 heteroatoms. The summed E-state index contributed by atoms with van der Waals surface area (Å²) in [5.41, 5.74) is 0.625. The lowest BCUT2D eigenvalue weighted by Gasteiger charge is -2.39. The van der Waals surface area contributed by atoms with Gasteiger partial charge >= 0.3 is 6.09 Å². The van der Waals surface area contributed by atoms with Crippen LogP contribution in [-0.4, -0.2) is 41.1 Å². The normalized spacial score (nSPS) is 19.4. The third-order valence-corrected chi connectivity index (χ3v) is 5.65. The highest BCUT2D eigenvalue weighted by Crippen LogP contribution is 2.27. The fourth-order valence-corrected chi connectivity index (χ4v) is 4.13. The Kier molecular flexibility index (Phi) is 6.14. The van der Waals surface area contributed by atoms with Gasteiger partial charge in [-0.2, -0.15) is 0 Å². The van der Waals surface area contributed by atoms with Crippen LogP contribution >= 0.6 is 11.3 Å². The summed E-state index contributed by atoms with van der Waals surface area (Å²) in [6.07, 6.45) is 2.54. The van der Waals surface area contributed by atoms with Crippen LogP contribution in [0.5, 0.6) is 0 Å². The van der Waals surface area contributed by atoms with Gasteiger partial charge in [-0.05, 0) is 72.4 Å². The molecule has 0 saturated carbocycles. The molecular weight excluding hydrogens is 336 g/mol. The number of carbonyl (C=O) groups is 2. The van der Waals surface area contributed by atoms with Crippen molar-refractivity contribution in [2.24, 2.45) is 0 Å². The molecule has 1 fully saturated rings. The number of thiophene rings is 1. The molecule has 25 heavy (non-hydrogen) atoms. The largest absolute Gasteiger partial charge is 0.444 e. The molecule has 2 atom stereocenters. The first kappa shape index (κ1) is 19.8. The van der Waals surface area contributed by atoms with Crippen LogP contribution in [0.15, 0.2) is 6.07 Å². The molecule has 1 N–H and O–H groups in total. The molecule has 140 valence electrons. The van der Waals surface area contributed by atoms with Crippen LogP contribution in [0.3, 0.4) is 0 Å². The minimum Gasteiger partial charge on any atom is -0.444 e. The van der Waals surface area contributed by atoms with Crippen LogP contribution in [-0.2, 0) is 4.74 Å². The molecule has 1 aliphatic rings. The minimum absolute atomic E-state index is 0.00326. The van der Waals surface area contributed by atoms with E-state index in [0.717, 1.165) is 36.2 Å². The second-order valence-corrected chi connectivity index (χ2v) is 9.10. The maximum Gasteiger partial charge on any atom is 0.407 e. The van der Waals surface area contributed by atoms with Crippen molar-refractivity contribution >= 4 is 23.3 Å². The van der Waals surface area contributed by atoms with E-state index in [1.165, 1.54) is 4.88 Å². The van der Waals surface area contributed by atoms with Gasteiger partial charge < -0.3 is 15.0 Å². The molecule has 0 bridgehead atoms. The summed E-state index contributed by atoms with van der Waals surface area (Å²) in [6.45, 7) is 12.3. The van der Waals surface area contributed by atoms with Gasteiger partial charge in [0.25, 0.3) is 5.91 Å². The number of hydrogen-bond donors (Lipinski definition) is 1. The number of piperidine rings is 1. The Hall–Kier alpha value is -1.56. The van der Waals surface area contributed by atoms with E-state index < -0.39 is 11.7 Å². The Bertz CT molecular complexity index is 614. The number of nitrogens with zero attached hydrogens (tertiary/aromatic N) is 1. The number of ether oxygens (including phenoxy) is 1. The van der Waals surface area contributed by atoms with Crippen LogP contribution in [0.2, 0.25) is 0 Å². The van der Waals surface area contributed by atoms with Crippen molar-refractivity contribution in [2.75, 3.05) is 6.54 Å². The maximum absolute atomic E-state index is 13.0. The van der Waals surface area contributed by atoms with Gasteiger partial charge in [-0.1, -0.05) is 0 Å².